The average molecular weight is 263 g/mol. The predicted molar refractivity (Wildman–Crippen MR) is 67.9 cm³/mol. The monoisotopic (exact) mass is 263 g/mol. The van der Waals surface area contributed by atoms with Crippen LogP contribution in [0.5, 0.6) is 0 Å². The Kier molecular flexibility index (Phi) is 3.10. The number of hydrogen-bond acceptors (Lipinski definition) is 4. The van der Waals surface area contributed by atoms with Crippen molar-refractivity contribution in [3.05, 3.63) is 28.4 Å². The van der Waals surface area contributed by atoms with E-state index in [1.165, 1.54) is 12.4 Å². The van der Waals surface area contributed by atoms with Crippen LogP contribution in [-0.4, -0.2) is 46.1 Å². The van der Waals surface area contributed by atoms with E-state index in [9.17, 15) is 9.59 Å². The number of H-pyrrole nitrogens is 1. The molecule has 0 aliphatic carbocycles. The minimum absolute atomic E-state index is 0.118. The number of ether oxygens (including phenoxy) is 1. The van der Waals surface area contributed by atoms with Crippen LogP contribution >= 0.6 is 0 Å². The lowest BCUT2D eigenvalue weighted by molar-refractivity contribution is 0.00790. The topological polar surface area (TPSA) is 75.3 Å². The van der Waals surface area contributed by atoms with E-state index in [4.69, 9.17) is 4.74 Å². The lowest BCUT2D eigenvalue weighted by Gasteiger charge is -2.38. The SMILES string of the molecule is COC1C[C@H]2CC[C@@H](C1)N2C(=O)c1cncc(=O)[nH]1. The van der Waals surface area contributed by atoms with E-state index in [1.54, 1.807) is 7.11 Å². The number of amides is 1. The Morgan fingerprint density at radius 1 is 1.37 bits per heavy atom. The molecule has 1 aromatic rings. The Bertz CT molecular complexity index is 528. The molecule has 2 aliphatic rings. The summed E-state index contributed by atoms with van der Waals surface area (Å²) in [5, 5.41) is 0. The van der Waals surface area contributed by atoms with Crippen LogP contribution in [0.2, 0.25) is 0 Å². The number of methoxy groups -OCH3 is 1. The van der Waals surface area contributed by atoms with E-state index in [-0.39, 0.29) is 35.3 Å². The van der Waals surface area contributed by atoms with Crippen LogP contribution in [0.4, 0.5) is 0 Å². The zero-order chi connectivity index (χ0) is 13.4. The second-order valence-corrected chi connectivity index (χ2v) is 5.24. The molecule has 1 aromatic heterocycles. The summed E-state index contributed by atoms with van der Waals surface area (Å²) in [6.45, 7) is 0. The lowest BCUT2D eigenvalue weighted by atomic mass is 9.99. The molecule has 6 heteroatoms. The summed E-state index contributed by atoms with van der Waals surface area (Å²) in [5.74, 6) is -0.118. The number of carbonyl (C=O) groups excluding carboxylic acids is 1. The largest absolute Gasteiger partial charge is 0.381 e. The number of piperidine rings is 1. The quantitative estimate of drug-likeness (QED) is 0.845. The molecule has 1 N–H and O–H groups in total. The molecular formula is C13H17N3O3. The van der Waals surface area contributed by atoms with E-state index < -0.39 is 0 Å². The van der Waals surface area contributed by atoms with Crippen LogP contribution < -0.4 is 5.56 Å². The summed E-state index contributed by atoms with van der Waals surface area (Å²) in [6, 6.07) is 0.444. The molecule has 2 aliphatic heterocycles. The fourth-order valence-corrected chi connectivity index (χ4v) is 3.28. The van der Waals surface area contributed by atoms with Crippen LogP contribution in [0.1, 0.15) is 36.2 Å². The van der Waals surface area contributed by atoms with Gasteiger partial charge in [-0.25, -0.2) is 0 Å². The van der Waals surface area contributed by atoms with Crippen molar-refractivity contribution in [2.24, 2.45) is 0 Å². The van der Waals surface area contributed by atoms with Gasteiger partial charge in [-0.2, -0.15) is 0 Å². The van der Waals surface area contributed by atoms with Crippen molar-refractivity contribution in [3.8, 4) is 0 Å². The first kappa shape index (κ1) is 12.3. The molecule has 3 atom stereocenters. The summed E-state index contributed by atoms with van der Waals surface area (Å²) in [4.78, 5) is 32.0. The minimum atomic E-state index is -0.343. The average Bonchev–Trinajstić information content (AvgIpc) is 2.68. The molecule has 0 spiro atoms. The third-order valence-corrected chi connectivity index (χ3v) is 4.14. The van der Waals surface area contributed by atoms with Crippen LogP contribution in [0.25, 0.3) is 0 Å². The number of nitrogens with zero attached hydrogens (tertiary/aromatic N) is 2. The third kappa shape index (κ3) is 2.16. The van der Waals surface area contributed by atoms with Crippen molar-refractivity contribution in [1.29, 1.82) is 0 Å². The number of aromatic nitrogens is 2. The molecule has 1 unspecified atom stereocenters. The standard InChI is InChI=1S/C13H17N3O3/c1-19-10-4-8-2-3-9(5-10)16(8)13(18)11-6-14-7-12(17)15-11/h6-10H,2-5H2,1H3,(H,15,17)/t8-,9+,10?. The van der Waals surface area contributed by atoms with Crippen molar-refractivity contribution in [1.82, 2.24) is 14.9 Å². The van der Waals surface area contributed by atoms with Crippen molar-refractivity contribution >= 4 is 5.91 Å². The van der Waals surface area contributed by atoms with Gasteiger partial charge in [0.1, 0.15) is 5.69 Å². The first-order valence-corrected chi connectivity index (χ1v) is 6.59. The van der Waals surface area contributed by atoms with Crippen LogP contribution in [0.3, 0.4) is 0 Å². The van der Waals surface area contributed by atoms with Crippen molar-refractivity contribution < 1.29 is 9.53 Å². The Morgan fingerprint density at radius 2 is 2.05 bits per heavy atom. The molecule has 19 heavy (non-hydrogen) atoms. The molecule has 3 rings (SSSR count). The minimum Gasteiger partial charge on any atom is -0.381 e. The van der Waals surface area contributed by atoms with Gasteiger partial charge in [0.15, 0.2) is 0 Å². The number of rotatable bonds is 2. The molecule has 2 fully saturated rings. The number of nitrogens with one attached hydrogen (secondary N) is 1. The number of fused-ring (bicyclic) bond motifs is 2. The first-order chi connectivity index (χ1) is 9.19. The number of hydrogen-bond donors (Lipinski definition) is 1. The maximum atomic E-state index is 12.5. The number of aromatic amines is 1. The molecule has 0 radical (unpaired) electrons. The summed E-state index contributed by atoms with van der Waals surface area (Å²) < 4.78 is 5.42. The molecule has 2 saturated heterocycles. The van der Waals surface area contributed by atoms with Gasteiger partial charge in [0.2, 0.25) is 0 Å². The van der Waals surface area contributed by atoms with Crippen LogP contribution in [-0.2, 0) is 4.74 Å². The van der Waals surface area contributed by atoms with Crippen molar-refractivity contribution in [2.75, 3.05) is 7.11 Å². The van der Waals surface area contributed by atoms with Gasteiger partial charge < -0.3 is 14.6 Å². The van der Waals surface area contributed by atoms with E-state index in [0.717, 1.165) is 25.7 Å². The first-order valence-electron chi connectivity index (χ1n) is 6.59. The third-order valence-electron chi connectivity index (χ3n) is 4.14. The molecular weight excluding hydrogens is 246 g/mol. The molecule has 102 valence electrons. The van der Waals surface area contributed by atoms with E-state index in [1.807, 2.05) is 4.90 Å². The van der Waals surface area contributed by atoms with E-state index >= 15 is 0 Å². The highest BCUT2D eigenvalue weighted by atomic mass is 16.5. The van der Waals surface area contributed by atoms with Gasteiger partial charge in [0, 0.05) is 19.2 Å². The van der Waals surface area contributed by atoms with E-state index in [0.29, 0.717) is 0 Å². The Balaban J connectivity index is 1.84. The van der Waals surface area contributed by atoms with Crippen molar-refractivity contribution in [2.45, 2.75) is 43.9 Å². The van der Waals surface area contributed by atoms with Gasteiger partial charge in [0.05, 0.1) is 18.5 Å². The Hall–Kier alpha value is -1.69. The Labute approximate surface area is 110 Å². The molecule has 2 bridgehead atoms. The highest BCUT2D eigenvalue weighted by molar-refractivity contribution is 5.92. The molecule has 3 heterocycles. The van der Waals surface area contributed by atoms with Gasteiger partial charge in [-0.1, -0.05) is 0 Å². The zero-order valence-electron chi connectivity index (χ0n) is 10.8. The van der Waals surface area contributed by atoms with Gasteiger partial charge in [0.25, 0.3) is 11.5 Å². The van der Waals surface area contributed by atoms with Gasteiger partial charge in [-0.3, -0.25) is 14.6 Å². The van der Waals surface area contributed by atoms with Crippen molar-refractivity contribution in [3.63, 3.8) is 0 Å². The second-order valence-electron chi connectivity index (χ2n) is 5.24. The maximum absolute atomic E-state index is 12.5. The van der Waals surface area contributed by atoms with E-state index in [2.05, 4.69) is 9.97 Å². The highest BCUT2D eigenvalue weighted by Gasteiger charge is 2.43. The summed E-state index contributed by atoms with van der Waals surface area (Å²) in [6.07, 6.45) is 6.62. The molecule has 0 aromatic carbocycles. The lowest BCUT2D eigenvalue weighted by Crippen LogP contribution is -2.48. The molecule has 6 nitrogen and oxygen atoms in total. The summed E-state index contributed by atoms with van der Waals surface area (Å²) in [5.41, 5.74) is -0.0646. The zero-order valence-corrected chi connectivity index (χ0v) is 10.8. The normalized spacial score (nSPS) is 29.5. The summed E-state index contributed by atoms with van der Waals surface area (Å²) in [7, 11) is 1.72. The van der Waals surface area contributed by atoms with Crippen LogP contribution in [0.15, 0.2) is 17.2 Å². The smallest absolute Gasteiger partial charge is 0.272 e. The van der Waals surface area contributed by atoms with Gasteiger partial charge >= 0.3 is 0 Å². The second kappa shape index (κ2) is 4.77. The highest BCUT2D eigenvalue weighted by Crippen LogP contribution is 2.37. The maximum Gasteiger partial charge on any atom is 0.272 e. The Morgan fingerprint density at radius 3 is 2.63 bits per heavy atom. The fraction of sp³-hybridized carbons (Fsp3) is 0.615. The molecule has 1 amide bonds. The van der Waals surface area contributed by atoms with Crippen LogP contribution in [0, 0.1) is 0 Å². The number of carbonyl (C=O) groups is 1. The van der Waals surface area contributed by atoms with Gasteiger partial charge in [-0.15, -0.1) is 0 Å². The predicted octanol–water partition coefficient (Wildman–Crippen LogP) is 0.552. The molecule has 0 saturated carbocycles. The summed E-state index contributed by atoms with van der Waals surface area (Å²) >= 11 is 0. The van der Waals surface area contributed by atoms with Gasteiger partial charge in [-0.05, 0) is 25.7 Å². The fourth-order valence-electron chi connectivity index (χ4n) is 3.28.